The molecule has 4 fully saturated rings. The van der Waals surface area contributed by atoms with Gasteiger partial charge in [-0.05, 0) is 51.4 Å². The Morgan fingerprint density at radius 1 is 0.541 bits per heavy atom. The van der Waals surface area contributed by atoms with Gasteiger partial charge >= 0.3 is 0 Å². The van der Waals surface area contributed by atoms with Gasteiger partial charge in [0.15, 0.2) is 0 Å². The number of rotatable bonds is 12. The van der Waals surface area contributed by atoms with Crippen molar-refractivity contribution in [2.75, 3.05) is 26.4 Å². The molecule has 2 aliphatic heterocycles. The van der Waals surface area contributed by atoms with Gasteiger partial charge in [-0.25, -0.2) is 0 Å². The molecule has 0 unspecified atom stereocenters. The molecule has 5 nitrogen and oxygen atoms in total. The molecular weight excluding hydrogens is 464 g/mol. The molecule has 2 aliphatic carbocycles. The van der Waals surface area contributed by atoms with Gasteiger partial charge in [0, 0.05) is 22.7 Å². The molecule has 2 saturated heterocycles. The van der Waals surface area contributed by atoms with E-state index < -0.39 is 11.9 Å². The van der Waals surface area contributed by atoms with Gasteiger partial charge in [-0.15, -0.1) is 0 Å². The second kappa shape index (κ2) is 13.4. The summed E-state index contributed by atoms with van der Waals surface area (Å²) in [6, 6.07) is 0. The van der Waals surface area contributed by atoms with Crippen molar-refractivity contribution < 1.29 is 23.7 Å². The molecular formula is C32H58O5. The molecule has 0 radical (unpaired) electrons. The number of ether oxygens (including phenoxy) is 5. The Kier molecular flexibility index (Phi) is 10.8. The van der Waals surface area contributed by atoms with E-state index in [2.05, 4.69) is 27.7 Å². The maximum Gasteiger partial charge on any atom is 0.290 e. The molecule has 4 rings (SSSR count). The van der Waals surface area contributed by atoms with E-state index in [9.17, 15) is 0 Å². The summed E-state index contributed by atoms with van der Waals surface area (Å²) in [5.41, 5.74) is 0.169. The first-order valence-electron chi connectivity index (χ1n) is 16.2. The lowest BCUT2D eigenvalue weighted by Gasteiger charge is -2.56. The highest BCUT2D eigenvalue weighted by Crippen LogP contribution is 2.51. The van der Waals surface area contributed by atoms with E-state index in [1.54, 1.807) is 0 Å². The Balaban J connectivity index is 1.59. The molecule has 37 heavy (non-hydrogen) atoms. The Labute approximate surface area is 228 Å². The van der Waals surface area contributed by atoms with Crippen LogP contribution in [-0.2, 0) is 23.7 Å². The molecule has 0 aromatic rings. The predicted molar refractivity (Wildman–Crippen MR) is 148 cm³/mol. The summed E-state index contributed by atoms with van der Waals surface area (Å²) in [4.78, 5) is 0. The van der Waals surface area contributed by atoms with Crippen molar-refractivity contribution in [3.63, 3.8) is 0 Å². The Morgan fingerprint density at radius 2 is 0.892 bits per heavy atom. The van der Waals surface area contributed by atoms with Crippen LogP contribution in [0.5, 0.6) is 0 Å². The minimum atomic E-state index is -1.06. The van der Waals surface area contributed by atoms with Gasteiger partial charge in [0.2, 0.25) is 0 Å². The van der Waals surface area contributed by atoms with Crippen LogP contribution in [-0.4, -0.2) is 38.4 Å². The summed E-state index contributed by atoms with van der Waals surface area (Å²) in [5, 5.41) is 0. The highest BCUT2D eigenvalue weighted by molar-refractivity contribution is 4.91. The summed E-state index contributed by atoms with van der Waals surface area (Å²) in [7, 11) is 0. The highest BCUT2D eigenvalue weighted by Gasteiger charge is 2.59. The molecule has 4 aliphatic rings. The van der Waals surface area contributed by atoms with E-state index in [-0.39, 0.29) is 22.7 Å². The Hall–Kier alpha value is -0.200. The predicted octanol–water partition coefficient (Wildman–Crippen LogP) is 8.74. The summed E-state index contributed by atoms with van der Waals surface area (Å²) < 4.78 is 34.6. The molecule has 0 aromatic carbocycles. The van der Waals surface area contributed by atoms with Crippen LogP contribution < -0.4 is 0 Å². The SMILES string of the molecule is CCCCC1(CC)COC(OC2(C3CCCCC3)OCC(CC)(CCCC)CO2)(C2CCCCC2)OC1. The summed E-state index contributed by atoms with van der Waals surface area (Å²) in [5.74, 6) is -1.66. The van der Waals surface area contributed by atoms with Crippen LogP contribution >= 0.6 is 0 Å². The van der Waals surface area contributed by atoms with Gasteiger partial charge < -0.3 is 18.9 Å². The average molecular weight is 523 g/mol. The normalized spacial score (nSPS) is 38.6. The zero-order chi connectivity index (χ0) is 26.2. The van der Waals surface area contributed by atoms with E-state index in [4.69, 9.17) is 23.7 Å². The van der Waals surface area contributed by atoms with Crippen molar-refractivity contribution in [2.45, 2.75) is 155 Å². The smallest absolute Gasteiger partial charge is 0.290 e. The van der Waals surface area contributed by atoms with Crippen LogP contribution in [0.4, 0.5) is 0 Å². The fourth-order valence-corrected chi connectivity index (χ4v) is 7.20. The topological polar surface area (TPSA) is 46.2 Å². The first-order valence-corrected chi connectivity index (χ1v) is 16.2. The van der Waals surface area contributed by atoms with Crippen molar-refractivity contribution in [3.05, 3.63) is 0 Å². The van der Waals surface area contributed by atoms with Crippen molar-refractivity contribution in [1.29, 1.82) is 0 Å². The van der Waals surface area contributed by atoms with Crippen molar-refractivity contribution >= 4 is 0 Å². The summed E-state index contributed by atoms with van der Waals surface area (Å²) in [6.45, 7) is 11.9. The maximum atomic E-state index is 7.18. The molecule has 0 aromatic heterocycles. The summed E-state index contributed by atoms with van der Waals surface area (Å²) >= 11 is 0. The van der Waals surface area contributed by atoms with Gasteiger partial charge in [-0.2, -0.15) is 0 Å². The maximum absolute atomic E-state index is 7.18. The molecule has 0 amide bonds. The van der Waals surface area contributed by atoms with Gasteiger partial charge in [0.25, 0.3) is 11.9 Å². The molecule has 0 N–H and O–H groups in total. The third kappa shape index (κ3) is 6.76. The van der Waals surface area contributed by atoms with Gasteiger partial charge in [-0.3, -0.25) is 4.74 Å². The van der Waals surface area contributed by atoms with E-state index in [1.807, 2.05) is 0 Å². The lowest BCUT2D eigenvalue weighted by Crippen LogP contribution is -2.64. The zero-order valence-corrected chi connectivity index (χ0v) is 24.8. The van der Waals surface area contributed by atoms with E-state index in [0.717, 1.165) is 51.4 Å². The highest BCUT2D eigenvalue weighted by atomic mass is 17.0. The number of hydrogen-bond acceptors (Lipinski definition) is 5. The second-order valence-corrected chi connectivity index (χ2v) is 13.0. The molecule has 216 valence electrons. The van der Waals surface area contributed by atoms with Gasteiger partial charge in [-0.1, -0.05) is 91.9 Å². The third-order valence-electron chi connectivity index (χ3n) is 10.4. The second-order valence-electron chi connectivity index (χ2n) is 13.0. The van der Waals surface area contributed by atoms with Crippen molar-refractivity contribution in [1.82, 2.24) is 0 Å². The van der Waals surface area contributed by atoms with Crippen molar-refractivity contribution in [3.8, 4) is 0 Å². The fraction of sp³-hybridized carbons (Fsp3) is 1.00. The standard InChI is InChI=1S/C32H58O5/c1-5-9-21-29(7-3)23-33-31(34-24-29,27-17-13-11-14-18-27)37-32(28-19-15-12-16-20-28)35-25-30(8-4,26-36-32)22-10-6-2/h27-28H,5-26H2,1-4H3. The number of hydrogen-bond donors (Lipinski definition) is 0. The van der Waals surface area contributed by atoms with Gasteiger partial charge in [0.05, 0.1) is 26.4 Å². The number of unbranched alkanes of at least 4 members (excludes halogenated alkanes) is 2. The molecule has 0 bridgehead atoms. The molecule has 0 atom stereocenters. The first kappa shape index (κ1) is 29.8. The van der Waals surface area contributed by atoms with Crippen LogP contribution in [0.3, 0.4) is 0 Å². The quantitative estimate of drug-likeness (QED) is 0.256. The molecule has 2 heterocycles. The molecule has 0 spiro atoms. The first-order chi connectivity index (χ1) is 18.0. The van der Waals surface area contributed by atoms with Crippen LogP contribution in [0.2, 0.25) is 0 Å². The fourth-order valence-electron chi connectivity index (χ4n) is 7.20. The van der Waals surface area contributed by atoms with Gasteiger partial charge in [0.1, 0.15) is 0 Å². The van der Waals surface area contributed by atoms with E-state index in [0.29, 0.717) is 26.4 Å². The minimum absolute atomic E-state index is 0.0847. The van der Waals surface area contributed by atoms with Crippen LogP contribution in [0.25, 0.3) is 0 Å². The minimum Gasteiger partial charge on any atom is -0.326 e. The van der Waals surface area contributed by atoms with Crippen LogP contribution in [0.1, 0.15) is 143 Å². The summed E-state index contributed by atoms with van der Waals surface area (Å²) in [6.07, 6.45) is 21.1. The lowest BCUT2D eigenvalue weighted by atomic mass is 9.79. The average Bonchev–Trinajstić information content (AvgIpc) is 2.98. The van der Waals surface area contributed by atoms with Crippen molar-refractivity contribution in [2.24, 2.45) is 22.7 Å². The monoisotopic (exact) mass is 522 g/mol. The third-order valence-corrected chi connectivity index (χ3v) is 10.4. The molecule has 2 saturated carbocycles. The largest absolute Gasteiger partial charge is 0.326 e. The zero-order valence-electron chi connectivity index (χ0n) is 24.8. The Bertz CT molecular complexity index is 594. The van der Waals surface area contributed by atoms with Crippen LogP contribution in [0, 0.1) is 22.7 Å². The molecule has 5 heteroatoms. The van der Waals surface area contributed by atoms with E-state index in [1.165, 1.54) is 64.2 Å². The van der Waals surface area contributed by atoms with E-state index >= 15 is 0 Å². The van der Waals surface area contributed by atoms with Crippen LogP contribution in [0.15, 0.2) is 0 Å². The Morgan fingerprint density at radius 3 is 1.19 bits per heavy atom. The lowest BCUT2D eigenvalue weighted by molar-refractivity contribution is -0.557.